The van der Waals surface area contributed by atoms with E-state index in [1.165, 1.54) is 6.20 Å². The number of rotatable bonds is 4. The molecule has 106 valence electrons. The number of likely N-dealkylation sites (N-methyl/N-ethyl adjacent to an activating group) is 1. The first kappa shape index (κ1) is 14.8. The third-order valence-corrected chi connectivity index (χ3v) is 3.38. The van der Waals surface area contributed by atoms with E-state index in [4.69, 9.17) is 11.6 Å². The smallest absolute Gasteiger partial charge is 0.194 e. The standard InChI is InChI=1S/C14H12ClF3N2/c1-19-13(6-8-2-3-20-7-10(8)15)9-4-11(16)14(18)12(17)5-9/h2-5,7,13,19H,6H2,1H3. The summed E-state index contributed by atoms with van der Waals surface area (Å²) in [7, 11) is 1.65. The van der Waals surface area contributed by atoms with Gasteiger partial charge in [0, 0.05) is 18.4 Å². The van der Waals surface area contributed by atoms with Gasteiger partial charge in [0.05, 0.1) is 5.02 Å². The van der Waals surface area contributed by atoms with Crippen LogP contribution in [-0.2, 0) is 6.42 Å². The summed E-state index contributed by atoms with van der Waals surface area (Å²) in [5.74, 6) is -3.88. The molecule has 2 rings (SSSR count). The highest BCUT2D eigenvalue weighted by Gasteiger charge is 2.17. The van der Waals surface area contributed by atoms with Gasteiger partial charge < -0.3 is 5.32 Å². The fraction of sp³-hybridized carbons (Fsp3) is 0.214. The van der Waals surface area contributed by atoms with Crippen LogP contribution in [0.4, 0.5) is 13.2 Å². The first-order valence-corrected chi connectivity index (χ1v) is 6.30. The van der Waals surface area contributed by atoms with E-state index in [9.17, 15) is 13.2 Å². The normalized spacial score (nSPS) is 12.4. The zero-order valence-electron chi connectivity index (χ0n) is 10.6. The molecule has 1 aromatic carbocycles. The Balaban J connectivity index is 2.31. The molecule has 0 saturated carbocycles. The van der Waals surface area contributed by atoms with Crippen molar-refractivity contribution < 1.29 is 13.2 Å². The zero-order chi connectivity index (χ0) is 14.7. The van der Waals surface area contributed by atoms with Gasteiger partial charge in [0.2, 0.25) is 0 Å². The van der Waals surface area contributed by atoms with E-state index in [0.717, 1.165) is 17.7 Å². The van der Waals surface area contributed by atoms with E-state index in [0.29, 0.717) is 17.0 Å². The van der Waals surface area contributed by atoms with Crippen molar-refractivity contribution in [1.29, 1.82) is 0 Å². The quantitative estimate of drug-likeness (QED) is 0.872. The van der Waals surface area contributed by atoms with Gasteiger partial charge >= 0.3 is 0 Å². The summed E-state index contributed by atoms with van der Waals surface area (Å²) in [6.45, 7) is 0. The lowest BCUT2D eigenvalue weighted by molar-refractivity contribution is 0.441. The van der Waals surface area contributed by atoms with E-state index in [1.807, 2.05) is 0 Å². The molecule has 1 heterocycles. The van der Waals surface area contributed by atoms with Gasteiger partial charge in [-0.2, -0.15) is 0 Å². The number of hydrogen-bond donors (Lipinski definition) is 1. The Hall–Kier alpha value is -1.59. The van der Waals surface area contributed by atoms with E-state index in [2.05, 4.69) is 10.3 Å². The molecule has 0 saturated heterocycles. The summed E-state index contributed by atoms with van der Waals surface area (Å²) in [5.41, 5.74) is 1.10. The number of hydrogen-bond acceptors (Lipinski definition) is 2. The molecular weight excluding hydrogens is 289 g/mol. The number of halogens is 4. The van der Waals surface area contributed by atoms with E-state index in [1.54, 1.807) is 19.3 Å². The molecule has 6 heteroatoms. The lowest BCUT2D eigenvalue weighted by Crippen LogP contribution is -2.19. The van der Waals surface area contributed by atoms with Gasteiger partial charge in [0.25, 0.3) is 0 Å². The molecule has 0 aliphatic carbocycles. The summed E-state index contributed by atoms with van der Waals surface area (Å²) < 4.78 is 39.5. The minimum absolute atomic E-state index is 0.316. The van der Waals surface area contributed by atoms with Crippen LogP contribution in [0.2, 0.25) is 5.02 Å². The van der Waals surface area contributed by atoms with Crippen LogP contribution < -0.4 is 5.32 Å². The molecule has 20 heavy (non-hydrogen) atoms. The molecule has 1 unspecified atom stereocenters. The highest BCUT2D eigenvalue weighted by atomic mass is 35.5. The van der Waals surface area contributed by atoms with Crippen molar-refractivity contribution in [3.8, 4) is 0 Å². The molecule has 2 aromatic rings. The Labute approximate surface area is 119 Å². The molecule has 1 N–H and O–H groups in total. The number of nitrogens with one attached hydrogen (secondary N) is 1. The molecule has 0 radical (unpaired) electrons. The van der Waals surface area contributed by atoms with Crippen molar-refractivity contribution in [2.24, 2.45) is 0 Å². The van der Waals surface area contributed by atoms with Crippen molar-refractivity contribution in [3.63, 3.8) is 0 Å². The number of aromatic nitrogens is 1. The van der Waals surface area contributed by atoms with E-state index in [-0.39, 0.29) is 6.04 Å². The monoisotopic (exact) mass is 300 g/mol. The largest absolute Gasteiger partial charge is 0.313 e. The Morgan fingerprint density at radius 3 is 2.45 bits per heavy atom. The Bertz CT molecular complexity index is 596. The predicted molar refractivity (Wildman–Crippen MR) is 71.1 cm³/mol. The third-order valence-electron chi connectivity index (χ3n) is 3.04. The van der Waals surface area contributed by atoms with Crippen LogP contribution in [0.25, 0.3) is 0 Å². The van der Waals surface area contributed by atoms with Crippen molar-refractivity contribution in [2.45, 2.75) is 12.5 Å². The fourth-order valence-electron chi connectivity index (χ4n) is 1.95. The van der Waals surface area contributed by atoms with Crippen molar-refractivity contribution in [3.05, 3.63) is 64.2 Å². The Kier molecular flexibility index (Phi) is 4.62. The molecule has 1 aromatic heterocycles. The van der Waals surface area contributed by atoms with Gasteiger partial charge in [0.1, 0.15) is 0 Å². The summed E-state index contributed by atoms with van der Waals surface area (Å²) in [6.07, 6.45) is 3.48. The molecular formula is C14H12ClF3N2. The summed E-state index contributed by atoms with van der Waals surface area (Å²) in [4.78, 5) is 3.87. The molecule has 1 atom stereocenters. The first-order chi connectivity index (χ1) is 9.52. The van der Waals surface area contributed by atoms with Crippen LogP contribution in [0.1, 0.15) is 17.2 Å². The van der Waals surface area contributed by atoms with Crippen LogP contribution >= 0.6 is 11.6 Å². The predicted octanol–water partition coefficient (Wildman–Crippen LogP) is 3.66. The topological polar surface area (TPSA) is 24.9 Å². The van der Waals surface area contributed by atoms with Crippen LogP contribution in [0.15, 0.2) is 30.6 Å². The average molecular weight is 301 g/mol. The van der Waals surface area contributed by atoms with Crippen LogP contribution in [0, 0.1) is 17.5 Å². The first-order valence-electron chi connectivity index (χ1n) is 5.93. The van der Waals surface area contributed by atoms with Crippen molar-refractivity contribution >= 4 is 11.6 Å². The summed E-state index contributed by atoms with van der Waals surface area (Å²) in [5, 5.41) is 3.40. The SMILES string of the molecule is CNC(Cc1ccncc1Cl)c1cc(F)c(F)c(F)c1. The second-order valence-electron chi connectivity index (χ2n) is 4.31. The zero-order valence-corrected chi connectivity index (χ0v) is 11.4. The van der Waals surface area contributed by atoms with Crippen LogP contribution in [0.3, 0.4) is 0 Å². The second kappa shape index (κ2) is 6.24. The highest BCUT2D eigenvalue weighted by molar-refractivity contribution is 6.31. The lowest BCUT2D eigenvalue weighted by atomic mass is 9.99. The van der Waals surface area contributed by atoms with Crippen LogP contribution in [0.5, 0.6) is 0 Å². The maximum atomic E-state index is 13.3. The maximum absolute atomic E-state index is 13.3. The van der Waals surface area contributed by atoms with Crippen molar-refractivity contribution in [2.75, 3.05) is 7.05 Å². The fourth-order valence-corrected chi connectivity index (χ4v) is 2.15. The van der Waals surface area contributed by atoms with Gasteiger partial charge in [-0.25, -0.2) is 13.2 Å². The lowest BCUT2D eigenvalue weighted by Gasteiger charge is -2.18. The average Bonchev–Trinajstić information content (AvgIpc) is 2.43. The summed E-state index contributed by atoms with van der Waals surface area (Å²) >= 11 is 6.00. The Morgan fingerprint density at radius 1 is 1.25 bits per heavy atom. The minimum atomic E-state index is -1.47. The third kappa shape index (κ3) is 3.11. The molecule has 0 amide bonds. The number of pyridine rings is 1. The van der Waals surface area contributed by atoms with Gasteiger partial charge in [-0.05, 0) is 42.8 Å². The molecule has 2 nitrogen and oxygen atoms in total. The molecule has 0 aliphatic heterocycles. The van der Waals surface area contributed by atoms with E-state index < -0.39 is 17.5 Å². The summed E-state index contributed by atoms with van der Waals surface area (Å²) in [6, 6.07) is 3.30. The van der Waals surface area contributed by atoms with Crippen LogP contribution in [-0.4, -0.2) is 12.0 Å². The van der Waals surface area contributed by atoms with Gasteiger partial charge in [0.15, 0.2) is 17.5 Å². The number of benzene rings is 1. The number of nitrogens with zero attached hydrogens (tertiary/aromatic N) is 1. The highest BCUT2D eigenvalue weighted by Crippen LogP contribution is 2.25. The Morgan fingerprint density at radius 2 is 1.90 bits per heavy atom. The second-order valence-corrected chi connectivity index (χ2v) is 4.72. The molecule has 0 spiro atoms. The van der Waals surface area contributed by atoms with Gasteiger partial charge in [-0.15, -0.1) is 0 Å². The molecule has 0 aliphatic rings. The van der Waals surface area contributed by atoms with Crippen molar-refractivity contribution in [1.82, 2.24) is 10.3 Å². The van der Waals surface area contributed by atoms with Gasteiger partial charge in [-0.3, -0.25) is 4.98 Å². The van der Waals surface area contributed by atoms with E-state index >= 15 is 0 Å². The molecule has 0 fully saturated rings. The molecule has 0 bridgehead atoms. The minimum Gasteiger partial charge on any atom is -0.313 e. The van der Waals surface area contributed by atoms with Gasteiger partial charge in [-0.1, -0.05) is 11.6 Å². The maximum Gasteiger partial charge on any atom is 0.194 e.